The van der Waals surface area contributed by atoms with E-state index in [1.165, 1.54) is 11.3 Å². The second kappa shape index (κ2) is 12.5. The largest absolute Gasteiger partial charge is 0.356 e. The van der Waals surface area contributed by atoms with Crippen LogP contribution in [0.4, 0.5) is 5.13 Å². The molecule has 156 valence electrons. The molecule has 0 radical (unpaired) electrons. The van der Waals surface area contributed by atoms with Crippen molar-refractivity contribution in [1.29, 1.82) is 0 Å². The van der Waals surface area contributed by atoms with Gasteiger partial charge in [0.15, 0.2) is 5.13 Å². The summed E-state index contributed by atoms with van der Waals surface area (Å²) in [5, 5.41) is 11.4. The number of rotatable bonds is 7. The molecule has 3 N–H and O–H groups in total. The molecule has 27 heavy (non-hydrogen) atoms. The highest BCUT2D eigenvalue weighted by atomic mass is 35.5. The Morgan fingerprint density at radius 3 is 2.56 bits per heavy atom. The number of aromatic nitrogens is 1. The van der Waals surface area contributed by atoms with Crippen LogP contribution in [-0.4, -0.2) is 61.0 Å². The number of nitrogens with one attached hydrogen (secondary N) is 3. The van der Waals surface area contributed by atoms with Crippen molar-refractivity contribution in [2.45, 2.75) is 33.6 Å². The van der Waals surface area contributed by atoms with E-state index in [1.54, 1.807) is 0 Å². The first-order valence-electron chi connectivity index (χ1n) is 8.80. The molecular formula is C17H31Cl2N5O2S. The van der Waals surface area contributed by atoms with E-state index in [-0.39, 0.29) is 43.0 Å². The zero-order valence-corrected chi connectivity index (χ0v) is 18.6. The normalized spacial score (nSPS) is 14.6. The van der Waals surface area contributed by atoms with E-state index in [2.05, 4.69) is 25.8 Å². The zero-order valence-electron chi connectivity index (χ0n) is 16.2. The van der Waals surface area contributed by atoms with Crippen LogP contribution >= 0.6 is 36.2 Å². The fraction of sp³-hybridized carbons (Fsp3) is 0.706. The Kier molecular flexibility index (Phi) is 12.1. The maximum Gasteiger partial charge on any atom is 0.231 e. The summed E-state index contributed by atoms with van der Waals surface area (Å²) in [6, 6.07) is 0. The van der Waals surface area contributed by atoms with Crippen molar-refractivity contribution in [3.8, 4) is 0 Å². The van der Waals surface area contributed by atoms with Gasteiger partial charge in [0.05, 0.1) is 12.1 Å². The molecule has 7 nitrogen and oxygen atoms in total. The molecule has 0 aliphatic carbocycles. The molecule has 1 fully saturated rings. The van der Waals surface area contributed by atoms with Crippen molar-refractivity contribution in [3.05, 3.63) is 11.1 Å². The van der Waals surface area contributed by atoms with E-state index in [0.29, 0.717) is 17.4 Å². The second-order valence-electron chi connectivity index (χ2n) is 7.32. The Labute approximate surface area is 177 Å². The lowest BCUT2D eigenvalue weighted by Gasteiger charge is -2.27. The van der Waals surface area contributed by atoms with Crippen LogP contribution in [0.5, 0.6) is 0 Å². The summed E-state index contributed by atoms with van der Waals surface area (Å²) in [5.74, 6) is -0.106. The van der Waals surface area contributed by atoms with Gasteiger partial charge in [-0.15, -0.1) is 36.2 Å². The van der Waals surface area contributed by atoms with Crippen LogP contribution in [0.1, 0.15) is 32.9 Å². The zero-order chi connectivity index (χ0) is 18.3. The Morgan fingerprint density at radius 2 is 1.93 bits per heavy atom. The number of carbonyl (C=O) groups is 2. The predicted molar refractivity (Wildman–Crippen MR) is 115 cm³/mol. The van der Waals surface area contributed by atoms with E-state index in [4.69, 9.17) is 0 Å². The molecule has 2 heterocycles. The van der Waals surface area contributed by atoms with Crippen molar-refractivity contribution in [1.82, 2.24) is 20.5 Å². The monoisotopic (exact) mass is 439 g/mol. The van der Waals surface area contributed by atoms with Crippen molar-refractivity contribution < 1.29 is 9.59 Å². The maximum absolute atomic E-state index is 12.0. The fourth-order valence-electron chi connectivity index (χ4n) is 2.42. The average molecular weight is 440 g/mol. The van der Waals surface area contributed by atoms with Crippen LogP contribution < -0.4 is 16.0 Å². The third-order valence-corrected chi connectivity index (χ3v) is 4.78. The molecule has 1 aliphatic heterocycles. The molecular weight excluding hydrogens is 409 g/mol. The summed E-state index contributed by atoms with van der Waals surface area (Å²) < 4.78 is 0. The highest BCUT2D eigenvalue weighted by Gasteiger charge is 2.22. The third kappa shape index (κ3) is 9.71. The number of nitrogens with zero attached hydrogens (tertiary/aromatic N) is 2. The van der Waals surface area contributed by atoms with E-state index < -0.39 is 5.41 Å². The second-order valence-corrected chi connectivity index (χ2v) is 8.18. The summed E-state index contributed by atoms with van der Waals surface area (Å²) in [7, 11) is 0. The number of carbonyl (C=O) groups excluding carboxylic acids is 2. The number of hydrogen-bond acceptors (Lipinski definition) is 6. The molecule has 0 aromatic carbocycles. The lowest BCUT2D eigenvalue weighted by molar-refractivity contribution is -0.123. The highest BCUT2D eigenvalue weighted by molar-refractivity contribution is 7.13. The van der Waals surface area contributed by atoms with Gasteiger partial charge in [-0.05, 0) is 13.0 Å². The minimum atomic E-state index is -0.465. The topological polar surface area (TPSA) is 86.4 Å². The van der Waals surface area contributed by atoms with Gasteiger partial charge in [-0.1, -0.05) is 20.8 Å². The molecule has 10 heteroatoms. The van der Waals surface area contributed by atoms with Crippen LogP contribution in [0, 0.1) is 5.41 Å². The third-order valence-electron chi connectivity index (χ3n) is 3.98. The van der Waals surface area contributed by atoms with Crippen LogP contribution in [0.2, 0.25) is 0 Å². The minimum Gasteiger partial charge on any atom is -0.356 e. The summed E-state index contributed by atoms with van der Waals surface area (Å²) in [5.41, 5.74) is 0.224. The van der Waals surface area contributed by atoms with Gasteiger partial charge in [0, 0.05) is 43.5 Å². The molecule has 1 aromatic heterocycles. The van der Waals surface area contributed by atoms with Gasteiger partial charge >= 0.3 is 0 Å². The SMILES string of the molecule is CC(C)(C)C(=O)Nc1nc(CC(=O)NCCCN2CCNCC2)cs1.Cl.Cl. The Morgan fingerprint density at radius 1 is 1.26 bits per heavy atom. The summed E-state index contributed by atoms with van der Waals surface area (Å²) in [6.07, 6.45) is 1.20. The summed E-state index contributed by atoms with van der Waals surface area (Å²) in [6.45, 7) is 11.5. The quantitative estimate of drug-likeness (QED) is 0.564. The van der Waals surface area contributed by atoms with E-state index >= 15 is 0 Å². The Hall–Kier alpha value is -0.930. The fourth-order valence-corrected chi connectivity index (χ4v) is 3.13. The minimum absolute atomic E-state index is 0. The van der Waals surface area contributed by atoms with Gasteiger partial charge in [0.1, 0.15) is 0 Å². The van der Waals surface area contributed by atoms with E-state index in [9.17, 15) is 9.59 Å². The Bertz CT molecular complexity index is 586. The molecule has 0 atom stereocenters. The van der Waals surface area contributed by atoms with E-state index in [0.717, 1.165) is 39.1 Å². The number of thiazole rings is 1. The van der Waals surface area contributed by atoms with Crippen LogP contribution in [0.3, 0.4) is 0 Å². The van der Waals surface area contributed by atoms with Crippen LogP contribution in [0.25, 0.3) is 0 Å². The molecule has 1 saturated heterocycles. The molecule has 0 bridgehead atoms. The Balaban J connectivity index is 0.00000338. The van der Waals surface area contributed by atoms with Gasteiger partial charge < -0.3 is 20.9 Å². The molecule has 1 aromatic rings. The first kappa shape index (κ1) is 26.1. The number of hydrogen-bond donors (Lipinski definition) is 3. The van der Waals surface area contributed by atoms with Gasteiger partial charge in [0.2, 0.25) is 11.8 Å². The molecule has 0 spiro atoms. The van der Waals surface area contributed by atoms with Crippen LogP contribution in [-0.2, 0) is 16.0 Å². The molecule has 1 aliphatic rings. The summed E-state index contributed by atoms with van der Waals surface area (Å²) in [4.78, 5) is 30.7. The molecule has 0 saturated carbocycles. The molecule has 2 rings (SSSR count). The van der Waals surface area contributed by atoms with E-state index in [1.807, 2.05) is 26.2 Å². The standard InChI is InChI=1S/C17H29N5O2S.2ClH/c1-17(2,3)15(24)21-16-20-13(12-25-16)11-14(23)19-5-4-8-22-9-6-18-7-10-22;;/h12,18H,4-11H2,1-3H3,(H,19,23)(H,20,21,24);2*1H. The number of amides is 2. The smallest absolute Gasteiger partial charge is 0.231 e. The number of anilines is 1. The van der Waals surface area contributed by atoms with Crippen molar-refractivity contribution in [3.63, 3.8) is 0 Å². The molecule has 0 unspecified atom stereocenters. The van der Waals surface area contributed by atoms with Crippen molar-refractivity contribution >= 4 is 53.1 Å². The maximum atomic E-state index is 12.0. The average Bonchev–Trinajstić information content (AvgIpc) is 2.98. The number of piperazine rings is 1. The van der Waals surface area contributed by atoms with Crippen LogP contribution in [0.15, 0.2) is 5.38 Å². The highest BCUT2D eigenvalue weighted by Crippen LogP contribution is 2.20. The summed E-state index contributed by atoms with van der Waals surface area (Å²) >= 11 is 1.35. The van der Waals surface area contributed by atoms with Gasteiger partial charge in [-0.3, -0.25) is 9.59 Å². The number of halogens is 2. The first-order chi connectivity index (χ1) is 11.8. The van der Waals surface area contributed by atoms with Gasteiger partial charge in [-0.2, -0.15) is 0 Å². The lowest BCUT2D eigenvalue weighted by atomic mass is 9.96. The lowest BCUT2D eigenvalue weighted by Crippen LogP contribution is -2.44. The van der Waals surface area contributed by atoms with Gasteiger partial charge in [0.25, 0.3) is 0 Å². The molecule has 2 amide bonds. The predicted octanol–water partition coefficient (Wildman–Crippen LogP) is 1.93. The van der Waals surface area contributed by atoms with Crippen molar-refractivity contribution in [2.75, 3.05) is 44.6 Å². The van der Waals surface area contributed by atoms with Gasteiger partial charge in [-0.25, -0.2) is 4.98 Å². The van der Waals surface area contributed by atoms with Crippen molar-refractivity contribution in [2.24, 2.45) is 5.41 Å². The first-order valence-corrected chi connectivity index (χ1v) is 9.68.